The van der Waals surface area contributed by atoms with Crippen LogP contribution < -0.4 is 4.72 Å². The molecule has 0 aliphatic heterocycles. The lowest BCUT2D eigenvalue weighted by atomic mass is 10.1. The molecule has 33 heavy (non-hydrogen) atoms. The van der Waals surface area contributed by atoms with Crippen LogP contribution in [0.2, 0.25) is 0 Å². The largest absolute Gasteiger partial charge is 0.404 e. The molecule has 0 bridgehead atoms. The van der Waals surface area contributed by atoms with Crippen molar-refractivity contribution < 1.29 is 21.6 Å². The standard InChI is InChI=1S/C21H17F3N6O2S/c1-3-13-7-16-17(8-25)18(30(14-5-4-6-14)20(16)28-9-13)19-26-10-15(11-27-19)33(31,32)29-12(2)21(22,23)24/h4-7,9-12,29H,3H2,1-2H3. The fourth-order valence-electron chi connectivity index (χ4n) is 3.25. The fourth-order valence-corrected chi connectivity index (χ4v) is 4.37. The molecule has 12 heteroatoms. The maximum Gasteiger partial charge on any atom is 0.404 e. The van der Waals surface area contributed by atoms with Crippen LogP contribution in [-0.2, 0) is 16.4 Å². The molecule has 3 aromatic rings. The first-order chi connectivity index (χ1) is 15.6. The number of sulfonamides is 1. The molecule has 1 aliphatic carbocycles. The molecule has 1 unspecified atom stereocenters. The number of nitrogens with zero attached hydrogens (tertiary/aromatic N) is 5. The predicted octanol–water partition coefficient (Wildman–Crippen LogP) is 3.57. The zero-order valence-corrected chi connectivity index (χ0v) is 18.2. The maximum absolute atomic E-state index is 12.8. The smallest absolute Gasteiger partial charge is 0.290 e. The van der Waals surface area contributed by atoms with Crippen LogP contribution in [0.1, 0.15) is 25.0 Å². The molecular weight excluding hydrogens is 457 g/mol. The Morgan fingerprint density at radius 2 is 1.88 bits per heavy atom. The van der Waals surface area contributed by atoms with E-state index in [0.29, 0.717) is 30.1 Å². The molecule has 4 rings (SSSR count). The molecule has 3 aromatic heterocycles. The third-order valence-electron chi connectivity index (χ3n) is 5.15. The first-order valence-corrected chi connectivity index (χ1v) is 11.3. The van der Waals surface area contributed by atoms with Gasteiger partial charge in [0.2, 0.25) is 10.0 Å². The summed E-state index contributed by atoms with van der Waals surface area (Å²) < 4.78 is 66.2. The number of aromatic nitrogens is 4. The third kappa shape index (κ3) is 4.01. The van der Waals surface area contributed by atoms with E-state index in [1.807, 2.05) is 13.0 Å². The Morgan fingerprint density at radius 3 is 2.39 bits per heavy atom. The number of hydrogen-bond acceptors (Lipinski definition) is 6. The summed E-state index contributed by atoms with van der Waals surface area (Å²) in [4.78, 5) is 12.1. The van der Waals surface area contributed by atoms with Crippen LogP contribution in [0.15, 0.2) is 47.8 Å². The SMILES string of the molecule is CCc1cnc2c(c1)c(C#N)c(-c1ncc(S(=O)(=O)NC(C)C(F)(F)F)cn1)n2C1=CC=C1. The Kier molecular flexibility index (Phi) is 5.55. The van der Waals surface area contributed by atoms with E-state index < -0.39 is 27.1 Å². The normalized spacial score (nSPS) is 14.6. The van der Waals surface area contributed by atoms with Gasteiger partial charge in [0.25, 0.3) is 0 Å². The number of hydrogen-bond donors (Lipinski definition) is 1. The summed E-state index contributed by atoms with van der Waals surface area (Å²) in [6.45, 7) is 2.65. The van der Waals surface area contributed by atoms with E-state index in [1.54, 1.807) is 33.7 Å². The molecule has 0 saturated heterocycles. The minimum absolute atomic E-state index is 0.0339. The van der Waals surface area contributed by atoms with Crippen molar-refractivity contribution in [2.75, 3.05) is 0 Å². The van der Waals surface area contributed by atoms with Crippen LogP contribution in [0, 0.1) is 11.3 Å². The quantitative estimate of drug-likeness (QED) is 0.584. The Morgan fingerprint density at radius 1 is 1.21 bits per heavy atom. The lowest BCUT2D eigenvalue weighted by Crippen LogP contribution is -2.43. The van der Waals surface area contributed by atoms with Gasteiger partial charge < -0.3 is 0 Å². The minimum atomic E-state index is -4.75. The van der Waals surface area contributed by atoms with Crippen LogP contribution in [0.3, 0.4) is 0 Å². The molecule has 0 aromatic carbocycles. The van der Waals surface area contributed by atoms with Gasteiger partial charge in [-0.05, 0) is 37.1 Å². The highest BCUT2D eigenvalue weighted by atomic mass is 32.2. The van der Waals surface area contributed by atoms with Crippen LogP contribution in [-0.4, -0.2) is 40.2 Å². The van der Waals surface area contributed by atoms with Gasteiger partial charge in [0, 0.05) is 17.3 Å². The van der Waals surface area contributed by atoms with Crippen molar-refractivity contribution >= 4 is 26.8 Å². The summed E-state index contributed by atoms with van der Waals surface area (Å²) in [5, 5.41) is 10.5. The van der Waals surface area contributed by atoms with Gasteiger partial charge >= 0.3 is 6.18 Å². The van der Waals surface area contributed by atoms with Crippen molar-refractivity contribution in [2.45, 2.75) is 37.4 Å². The maximum atomic E-state index is 12.8. The van der Waals surface area contributed by atoms with Gasteiger partial charge in [0.15, 0.2) is 5.82 Å². The van der Waals surface area contributed by atoms with Crippen molar-refractivity contribution in [2.24, 2.45) is 0 Å². The molecule has 1 N–H and O–H groups in total. The molecular formula is C21H17F3N6O2S. The summed E-state index contributed by atoms with van der Waals surface area (Å²) in [6.07, 6.45) is 4.91. The monoisotopic (exact) mass is 474 g/mol. The molecule has 1 atom stereocenters. The highest BCUT2D eigenvalue weighted by molar-refractivity contribution is 7.89. The van der Waals surface area contributed by atoms with E-state index in [1.165, 1.54) is 0 Å². The van der Waals surface area contributed by atoms with E-state index in [4.69, 9.17) is 0 Å². The van der Waals surface area contributed by atoms with E-state index in [9.17, 15) is 26.9 Å². The lowest BCUT2D eigenvalue weighted by Gasteiger charge is -2.17. The Labute approximate surface area is 187 Å². The second kappa shape index (κ2) is 8.09. The van der Waals surface area contributed by atoms with Crippen LogP contribution in [0.4, 0.5) is 13.2 Å². The number of nitrogens with one attached hydrogen (secondary N) is 1. The number of alkyl halides is 3. The number of rotatable bonds is 6. The number of pyridine rings is 1. The second-order valence-electron chi connectivity index (χ2n) is 7.32. The highest BCUT2D eigenvalue weighted by Gasteiger charge is 2.39. The third-order valence-corrected chi connectivity index (χ3v) is 6.65. The van der Waals surface area contributed by atoms with Crippen molar-refractivity contribution in [3.05, 3.63) is 54.0 Å². The zero-order valence-electron chi connectivity index (χ0n) is 17.4. The molecule has 0 fully saturated rings. The molecule has 0 radical (unpaired) electrons. The Hall–Kier alpha value is -3.56. The number of halogens is 3. The van der Waals surface area contributed by atoms with Crippen molar-refractivity contribution in [3.63, 3.8) is 0 Å². The van der Waals surface area contributed by atoms with Crippen molar-refractivity contribution in [3.8, 4) is 17.6 Å². The van der Waals surface area contributed by atoms with Crippen molar-refractivity contribution in [1.82, 2.24) is 24.2 Å². The minimum Gasteiger partial charge on any atom is -0.290 e. The van der Waals surface area contributed by atoms with E-state index in [-0.39, 0.29) is 11.4 Å². The van der Waals surface area contributed by atoms with Gasteiger partial charge in [0.05, 0.1) is 18.0 Å². The van der Waals surface area contributed by atoms with Gasteiger partial charge in [-0.1, -0.05) is 13.0 Å². The van der Waals surface area contributed by atoms with Gasteiger partial charge in [-0.25, -0.2) is 23.4 Å². The number of fused-ring (bicyclic) bond motifs is 1. The average Bonchev–Trinajstić information content (AvgIpc) is 3.04. The van der Waals surface area contributed by atoms with Gasteiger partial charge in [-0.3, -0.25) is 4.57 Å². The predicted molar refractivity (Wildman–Crippen MR) is 114 cm³/mol. The lowest BCUT2D eigenvalue weighted by molar-refractivity contribution is -0.147. The summed E-state index contributed by atoms with van der Waals surface area (Å²) in [5.74, 6) is 0.0339. The van der Waals surface area contributed by atoms with Crippen LogP contribution >= 0.6 is 0 Å². The molecule has 170 valence electrons. The fraction of sp³-hybridized carbons (Fsp3) is 0.238. The molecule has 3 heterocycles. The second-order valence-corrected chi connectivity index (χ2v) is 9.03. The average molecular weight is 474 g/mol. The summed E-state index contributed by atoms with van der Waals surface area (Å²) in [5.41, 5.74) is 2.73. The highest BCUT2D eigenvalue weighted by Crippen LogP contribution is 2.35. The Balaban J connectivity index is 1.82. The first kappa shape index (κ1) is 22.6. The zero-order chi connectivity index (χ0) is 24.0. The number of allylic oxidation sites excluding steroid dienone is 4. The van der Waals surface area contributed by atoms with Crippen LogP contribution in [0.25, 0.3) is 28.2 Å². The molecule has 0 amide bonds. The van der Waals surface area contributed by atoms with Crippen molar-refractivity contribution in [1.29, 1.82) is 5.26 Å². The number of nitriles is 1. The first-order valence-electron chi connectivity index (χ1n) is 9.80. The van der Waals surface area contributed by atoms with E-state index in [2.05, 4.69) is 21.0 Å². The van der Waals surface area contributed by atoms with Crippen LogP contribution in [0.5, 0.6) is 0 Å². The summed E-state index contributed by atoms with van der Waals surface area (Å²) in [7, 11) is -4.51. The molecule has 0 spiro atoms. The Bertz CT molecular complexity index is 1450. The topological polar surface area (TPSA) is 114 Å². The molecule has 1 aliphatic rings. The summed E-state index contributed by atoms with van der Waals surface area (Å²) >= 11 is 0. The van der Waals surface area contributed by atoms with E-state index >= 15 is 0 Å². The van der Waals surface area contributed by atoms with Gasteiger partial charge in [-0.2, -0.15) is 23.2 Å². The van der Waals surface area contributed by atoms with E-state index in [0.717, 1.165) is 23.7 Å². The number of aryl methyl sites for hydroxylation is 1. The van der Waals surface area contributed by atoms with Gasteiger partial charge in [-0.15, -0.1) is 0 Å². The molecule has 8 nitrogen and oxygen atoms in total. The molecule has 0 saturated carbocycles. The van der Waals surface area contributed by atoms with Gasteiger partial charge in [0.1, 0.15) is 28.3 Å². The summed E-state index contributed by atoms with van der Waals surface area (Å²) in [6, 6.07) is 1.72.